The van der Waals surface area contributed by atoms with Crippen molar-refractivity contribution in [2.24, 2.45) is 0 Å². The number of imidazole rings is 2. The fourth-order valence-electron chi connectivity index (χ4n) is 3.82. The molecule has 4 aromatic heterocycles. The molecule has 0 spiro atoms. The number of pyridine rings is 2. The van der Waals surface area contributed by atoms with Crippen molar-refractivity contribution in [3.63, 3.8) is 0 Å². The van der Waals surface area contributed by atoms with E-state index in [2.05, 4.69) is 9.97 Å². The summed E-state index contributed by atoms with van der Waals surface area (Å²) in [6.07, 6.45) is 6.56. The van der Waals surface area contributed by atoms with Crippen LogP contribution in [-0.2, 0) is 0 Å². The van der Waals surface area contributed by atoms with Crippen LogP contribution in [0.1, 0.15) is 0 Å². The van der Waals surface area contributed by atoms with E-state index < -0.39 is 0 Å². The van der Waals surface area contributed by atoms with Gasteiger partial charge in [0.1, 0.15) is 11.3 Å². The third-order valence-corrected chi connectivity index (χ3v) is 4.82. The van der Waals surface area contributed by atoms with E-state index in [1.807, 2.05) is 24.3 Å². The highest BCUT2D eigenvalue weighted by Gasteiger charge is 2.19. The number of aromatic nitrogens is 4. The van der Waals surface area contributed by atoms with Crippen LogP contribution in [0.15, 0.2) is 58.6 Å². The van der Waals surface area contributed by atoms with Crippen LogP contribution in [0.25, 0.3) is 43.6 Å². The van der Waals surface area contributed by atoms with Gasteiger partial charge in [0.05, 0.1) is 0 Å². The Morgan fingerprint density at radius 3 is 1.50 bits per heavy atom. The Bertz CT molecular complexity index is 1430. The Balaban J connectivity index is 2.13. The van der Waals surface area contributed by atoms with Gasteiger partial charge in [-0.1, -0.05) is 0 Å². The first kappa shape index (κ1) is 12.0. The van der Waals surface area contributed by atoms with Crippen molar-refractivity contribution in [2.75, 3.05) is 0 Å². The summed E-state index contributed by atoms with van der Waals surface area (Å²) in [7, 11) is 0. The predicted octanol–water partition coefficient (Wildman–Crippen LogP) is 2.04. The van der Waals surface area contributed by atoms with E-state index >= 15 is 0 Å². The van der Waals surface area contributed by atoms with Gasteiger partial charge in [0.25, 0.3) is 11.1 Å². The van der Waals surface area contributed by atoms with E-state index in [4.69, 9.17) is 0 Å². The Morgan fingerprint density at radius 1 is 0.625 bits per heavy atom. The average Bonchev–Trinajstić information content (AvgIpc) is 3.27. The van der Waals surface area contributed by atoms with Gasteiger partial charge in [-0.25, -0.2) is 9.97 Å². The lowest BCUT2D eigenvalue weighted by molar-refractivity contribution is 1.14. The maximum absolute atomic E-state index is 12.8. The van der Waals surface area contributed by atoms with Gasteiger partial charge in [-0.3, -0.25) is 18.4 Å². The summed E-state index contributed by atoms with van der Waals surface area (Å²) < 4.78 is 3.09. The smallest absolute Gasteiger partial charge is 0.264 e. The molecule has 0 atom stereocenters. The number of benzene rings is 2. The van der Waals surface area contributed by atoms with Gasteiger partial charge in [0, 0.05) is 57.1 Å². The van der Waals surface area contributed by atoms with E-state index in [1.165, 1.54) is 0 Å². The highest BCUT2D eigenvalue weighted by molar-refractivity contribution is 6.27. The van der Waals surface area contributed by atoms with Crippen molar-refractivity contribution < 1.29 is 0 Å². The number of hydrogen-bond donors (Lipinski definition) is 0. The fourth-order valence-corrected chi connectivity index (χ4v) is 3.82. The zero-order valence-corrected chi connectivity index (χ0v) is 12.2. The minimum absolute atomic E-state index is 0.125. The normalized spacial score (nSPS) is 12.5. The van der Waals surface area contributed by atoms with Crippen LogP contribution >= 0.6 is 0 Å². The van der Waals surface area contributed by atoms with Crippen molar-refractivity contribution in [2.45, 2.75) is 0 Å². The second-order valence-electron chi connectivity index (χ2n) is 5.92. The summed E-state index contributed by atoms with van der Waals surface area (Å²) in [4.78, 5) is 34.2. The van der Waals surface area contributed by atoms with Crippen molar-refractivity contribution in [3.8, 4) is 0 Å². The molecule has 0 aliphatic carbocycles. The Kier molecular flexibility index (Phi) is 1.83. The minimum atomic E-state index is -0.125. The highest BCUT2D eigenvalue weighted by atomic mass is 16.1. The summed E-state index contributed by atoms with van der Waals surface area (Å²) in [5.41, 5.74) is 0.968. The van der Waals surface area contributed by atoms with E-state index in [9.17, 15) is 9.59 Å². The molecule has 24 heavy (non-hydrogen) atoms. The molecule has 6 nitrogen and oxygen atoms in total. The van der Waals surface area contributed by atoms with Gasteiger partial charge < -0.3 is 0 Å². The lowest BCUT2D eigenvalue weighted by Gasteiger charge is -2.11. The summed E-state index contributed by atoms with van der Waals surface area (Å²) in [5, 5.41) is 4.48. The number of rotatable bonds is 0. The van der Waals surface area contributed by atoms with Crippen LogP contribution in [0.4, 0.5) is 0 Å². The molecule has 0 bridgehead atoms. The largest absolute Gasteiger partial charge is 0.268 e. The quantitative estimate of drug-likeness (QED) is 0.402. The van der Waals surface area contributed by atoms with Crippen molar-refractivity contribution in [3.05, 3.63) is 69.8 Å². The summed E-state index contributed by atoms with van der Waals surface area (Å²) in [6.45, 7) is 0. The topological polar surface area (TPSA) is 68.7 Å². The summed E-state index contributed by atoms with van der Waals surface area (Å²) >= 11 is 0. The molecule has 0 aliphatic rings. The van der Waals surface area contributed by atoms with E-state index in [-0.39, 0.29) is 11.1 Å². The molecule has 112 valence electrons. The van der Waals surface area contributed by atoms with E-state index in [0.29, 0.717) is 22.1 Å². The molecule has 0 radical (unpaired) electrons. The molecule has 4 heterocycles. The van der Waals surface area contributed by atoms with Gasteiger partial charge in [-0.2, -0.15) is 0 Å². The molecule has 0 amide bonds. The third-order valence-electron chi connectivity index (χ3n) is 4.82. The number of fused-ring (bicyclic) bond motifs is 4. The third kappa shape index (κ3) is 1.13. The Hall–Kier alpha value is -3.54. The first-order valence-electron chi connectivity index (χ1n) is 7.52. The summed E-state index contributed by atoms with van der Waals surface area (Å²) in [5.74, 6) is 0. The lowest BCUT2D eigenvalue weighted by atomic mass is 9.96. The second kappa shape index (κ2) is 3.68. The second-order valence-corrected chi connectivity index (χ2v) is 5.92. The monoisotopic (exact) mass is 312 g/mol. The molecule has 6 rings (SSSR count). The van der Waals surface area contributed by atoms with E-state index in [0.717, 1.165) is 21.5 Å². The predicted molar refractivity (Wildman–Crippen MR) is 91.4 cm³/mol. The molecule has 0 N–H and O–H groups in total. The number of hydrogen-bond acceptors (Lipinski definition) is 4. The van der Waals surface area contributed by atoms with Gasteiger partial charge in [-0.15, -0.1) is 0 Å². The van der Waals surface area contributed by atoms with Crippen LogP contribution in [0, 0.1) is 0 Å². The van der Waals surface area contributed by atoms with Gasteiger partial charge in [0.2, 0.25) is 0 Å². The number of nitrogens with zero attached hydrogens (tertiary/aromatic N) is 4. The minimum Gasteiger partial charge on any atom is -0.268 e. The van der Waals surface area contributed by atoms with Crippen LogP contribution < -0.4 is 11.1 Å². The maximum Gasteiger partial charge on any atom is 0.264 e. The van der Waals surface area contributed by atoms with Gasteiger partial charge in [-0.05, 0) is 24.3 Å². The highest BCUT2D eigenvalue weighted by Crippen LogP contribution is 2.34. The molecule has 0 saturated heterocycles. The van der Waals surface area contributed by atoms with Crippen molar-refractivity contribution in [1.29, 1.82) is 0 Å². The standard InChI is InChI=1S/C18H8N4O2/c23-17-11-3-1-9-13-12(18(24)21-7-5-19-15(9)21)4-2-10(14(11)13)16-20-6-8-22(16)17/h1-8H. The molecule has 2 aromatic carbocycles. The molecule has 0 aliphatic heterocycles. The van der Waals surface area contributed by atoms with Gasteiger partial charge >= 0.3 is 0 Å². The fraction of sp³-hybridized carbons (Fsp3) is 0. The molecule has 6 aromatic rings. The summed E-state index contributed by atoms with van der Waals surface area (Å²) in [6, 6.07) is 7.36. The Labute approximate surface area is 132 Å². The molecule has 0 saturated carbocycles. The van der Waals surface area contributed by atoms with Crippen LogP contribution in [0.2, 0.25) is 0 Å². The molecule has 6 heteroatoms. The van der Waals surface area contributed by atoms with Crippen LogP contribution in [-0.4, -0.2) is 18.8 Å². The first-order valence-corrected chi connectivity index (χ1v) is 7.52. The van der Waals surface area contributed by atoms with Crippen LogP contribution in [0.3, 0.4) is 0 Å². The lowest BCUT2D eigenvalue weighted by Crippen LogP contribution is -2.15. The SMILES string of the molecule is O=c1c2ccc3c4c(ccc(c24)c2nccn12)c(=O)n1ccnc31. The zero-order valence-electron chi connectivity index (χ0n) is 12.2. The molecule has 0 fully saturated rings. The Morgan fingerprint density at radius 2 is 1.04 bits per heavy atom. The van der Waals surface area contributed by atoms with Crippen molar-refractivity contribution >= 4 is 43.6 Å². The zero-order chi connectivity index (χ0) is 16.0. The maximum atomic E-state index is 12.8. The van der Waals surface area contributed by atoms with Crippen LogP contribution in [0.5, 0.6) is 0 Å². The van der Waals surface area contributed by atoms with E-state index in [1.54, 1.807) is 33.6 Å². The molecular formula is C18H8N4O2. The van der Waals surface area contributed by atoms with Gasteiger partial charge in [0.15, 0.2) is 0 Å². The molecular weight excluding hydrogens is 304 g/mol. The average molecular weight is 312 g/mol. The first-order chi connectivity index (χ1) is 11.8. The van der Waals surface area contributed by atoms with Crippen molar-refractivity contribution in [1.82, 2.24) is 18.8 Å². The molecule has 0 unspecified atom stereocenters.